The summed E-state index contributed by atoms with van der Waals surface area (Å²) in [5.74, 6) is -0.591. The second kappa shape index (κ2) is 4.42. The summed E-state index contributed by atoms with van der Waals surface area (Å²) in [7, 11) is 0. The van der Waals surface area contributed by atoms with Crippen molar-refractivity contribution in [3.8, 4) is 11.4 Å². The van der Waals surface area contributed by atoms with Crippen molar-refractivity contribution in [3.63, 3.8) is 0 Å². The molecule has 0 radical (unpaired) electrons. The SMILES string of the molecule is Fc1cccc(C(F)F)c1-c1nc2ccccc2[nH]1. The summed E-state index contributed by atoms with van der Waals surface area (Å²) >= 11 is 0. The van der Waals surface area contributed by atoms with E-state index in [-0.39, 0.29) is 17.0 Å². The molecular weight excluding hydrogens is 253 g/mol. The highest BCUT2D eigenvalue weighted by molar-refractivity contribution is 5.80. The molecule has 96 valence electrons. The molecule has 19 heavy (non-hydrogen) atoms. The van der Waals surface area contributed by atoms with Crippen LogP contribution in [0, 0.1) is 5.82 Å². The number of hydrogen-bond acceptors (Lipinski definition) is 1. The molecule has 3 rings (SSSR count). The number of aromatic nitrogens is 2. The highest BCUT2D eigenvalue weighted by atomic mass is 19.3. The second-order valence-electron chi connectivity index (χ2n) is 4.11. The van der Waals surface area contributed by atoms with E-state index in [0.717, 1.165) is 6.07 Å². The van der Waals surface area contributed by atoms with Crippen LogP contribution in [0.2, 0.25) is 0 Å². The van der Waals surface area contributed by atoms with Crippen LogP contribution in [0.1, 0.15) is 12.0 Å². The Morgan fingerprint density at radius 3 is 2.53 bits per heavy atom. The van der Waals surface area contributed by atoms with Crippen LogP contribution >= 0.6 is 0 Å². The number of imidazole rings is 1. The molecule has 0 aliphatic heterocycles. The summed E-state index contributed by atoms with van der Waals surface area (Å²) in [6.45, 7) is 0. The molecule has 0 aliphatic rings. The molecule has 0 unspecified atom stereocenters. The van der Waals surface area contributed by atoms with Crippen LogP contribution in [0.15, 0.2) is 42.5 Å². The van der Waals surface area contributed by atoms with E-state index in [0.29, 0.717) is 11.0 Å². The van der Waals surface area contributed by atoms with Gasteiger partial charge in [0.2, 0.25) is 0 Å². The van der Waals surface area contributed by atoms with E-state index in [1.54, 1.807) is 24.3 Å². The summed E-state index contributed by atoms with van der Waals surface area (Å²) < 4.78 is 39.7. The van der Waals surface area contributed by atoms with Gasteiger partial charge in [0, 0.05) is 5.56 Å². The van der Waals surface area contributed by atoms with E-state index < -0.39 is 12.2 Å². The molecule has 0 atom stereocenters. The fraction of sp³-hybridized carbons (Fsp3) is 0.0714. The average Bonchev–Trinajstić information content (AvgIpc) is 2.81. The largest absolute Gasteiger partial charge is 0.338 e. The van der Waals surface area contributed by atoms with Gasteiger partial charge in [0.25, 0.3) is 6.43 Å². The topological polar surface area (TPSA) is 28.7 Å². The number of nitrogens with one attached hydrogen (secondary N) is 1. The van der Waals surface area contributed by atoms with E-state index in [1.165, 1.54) is 12.1 Å². The molecule has 1 heterocycles. The van der Waals surface area contributed by atoms with Gasteiger partial charge in [0.05, 0.1) is 16.6 Å². The van der Waals surface area contributed by atoms with E-state index in [9.17, 15) is 13.2 Å². The first kappa shape index (κ1) is 11.8. The second-order valence-corrected chi connectivity index (χ2v) is 4.11. The molecule has 0 saturated carbocycles. The van der Waals surface area contributed by atoms with Crippen LogP contribution in [0.25, 0.3) is 22.4 Å². The molecule has 5 heteroatoms. The normalized spacial score (nSPS) is 11.4. The number of H-pyrrole nitrogens is 1. The Morgan fingerprint density at radius 1 is 1.00 bits per heavy atom. The molecule has 2 aromatic carbocycles. The van der Waals surface area contributed by atoms with E-state index in [4.69, 9.17) is 0 Å². The van der Waals surface area contributed by atoms with Gasteiger partial charge in [-0.1, -0.05) is 24.3 Å². The van der Waals surface area contributed by atoms with Crippen molar-refractivity contribution in [2.45, 2.75) is 6.43 Å². The Morgan fingerprint density at radius 2 is 1.79 bits per heavy atom. The third kappa shape index (κ3) is 1.97. The van der Waals surface area contributed by atoms with Crippen LogP contribution in [0.4, 0.5) is 13.2 Å². The van der Waals surface area contributed by atoms with Crippen molar-refractivity contribution in [2.75, 3.05) is 0 Å². The zero-order chi connectivity index (χ0) is 13.4. The van der Waals surface area contributed by atoms with Gasteiger partial charge in [-0.25, -0.2) is 18.2 Å². The fourth-order valence-electron chi connectivity index (χ4n) is 2.04. The standard InChI is InChI=1S/C14H9F3N2/c15-9-5-3-4-8(13(16)17)12(9)14-18-10-6-1-2-7-11(10)19-14/h1-7,13H,(H,18,19). The summed E-state index contributed by atoms with van der Waals surface area (Å²) in [6, 6.07) is 10.7. The molecule has 0 spiro atoms. The van der Waals surface area contributed by atoms with Gasteiger partial charge in [-0.05, 0) is 18.2 Å². The predicted octanol–water partition coefficient (Wildman–Crippen LogP) is 4.31. The van der Waals surface area contributed by atoms with Crippen LogP contribution < -0.4 is 0 Å². The lowest BCUT2D eigenvalue weighted by Gasteiger charge is -2.07. The molecule has 2 nitrogen and oxygen atoms in total. The lowest BCUT2D eigenvalue weighted by molar-refractivity contribution is 0.151. The summed E-state index contributed by atoms with van der Waals surface area (Å²) in [5, 5.41) is 0. The highest BCUT2D eigenvalue weighted by Crippen LogP contribution is 2.32. The van der Waals surface area contributed by atoms with Crippen molar-refractivity contribution in [1.29, 1.82) is 0 Å². The highest BCUT2D eigenvalue weighted by Gasteiger charge is 2.20. The number of aromatic amines is 1. The van der Waals surface area contributed by atoms with Crippen molar-refractivity contribution >= 4 is 11.0 Å². The van der Waals surface area contributed by atoms with Gasteiger partial charge in [0.15, 0.2) is 0 Å². The van der Waals surface area contributed by atoms with Crippen molar-refractivity contribution < 1.29 is 13.2 Å². The van der Waals surface area contributed by atoms with Crippen LogP contribution in [0.5, 0.6) is 0 Å². The average molecular weight is 262 g/mol. The molecule has 0 saturated heterocycles. The van der Waals surface area contributed by atoms with E-state index in [2.05, 4.69) is 9.97 Å². The zero-order valence-electron chi connectivity index (χ0n) is 9.70. The van der Waals surface area contributed by atoms with Gasteiger partial charge >= 0.3 is 0 Å². The lowest BCUT2D eigenvalue weighted by atomic mass is 10.1. The van der Waals surface area contributed by atoms with E-state index in [1.807, 2.05) is 0 Å². The maximum atomic E-state index is 13.8. The predicted molar refractivity (Wildman–Crippen MR) is 66.4 cm³/mol. The van der Waals surface area contributed by atoms with Crippen LogP contribution in [0.3, 0.4) is 0 Å². The molecule has 1 aromatic heterocycles. The maximum absolute atomic E-state index is 13.8. The van der Waals surface area contributed by atoms with E-state index >= 15 is 0 Å². The smallest absolute Gasteiger partial charge is 0.264 e. The van der Waals surface area contributed by atoms with Crippen molar-refractivity contribution in [3.05, 3.63) is 53.8 Å². The summed E-state index contributed by atoms with van der Waals surface area (Å²) in [6.07, 6.45) is -2.75. The third-order valence-corrected chi connectivity index (χ3v) is 2.91. The first-order valence-corrected chi connectivity index (χ1v) is 5.68. The summed E-state index contributed by atoms with van der Waals surface area (Å²) in [5.41, 5.74) is 0.759. The number of benzene rings is 2. The molecule has 0 aliphatic carbocycles. The monoisotopic (exact) mass is 262 g/mol. The van der Waals surface area contributed by atoms with Gasteiger partial charge in [0.1, 0.15) is 11.6 Å². The molecule has 0 bridgehead atoms. The van der Waals surface area contributed by atoms with Gasteiger partial charge in [-0.2, -0.15) is 0 Å². The Balaban J connectivity index is 2.26. The molecule has 0 amide bonds. The number of rotatable bonds is 2. The Hall–Kier alpha value is -2.30. The van der Waals surface area contributed by atoms with Crippen LogP contribution in [-0.2, 0) is 0 Å². The van der Waals surface area contributed by atoms with Crippen LogP contribution in [-0.4, -0.2) is 9.97 Å². The third-order valence-electron chi connectivity index (χ3n) is 2.91. The van der Waals surface area contributed by atoms with Gasteiger partial charge in [-0.15, -0.1) is 0 Å². The Kier molecular flexibility index (Phi) is 2.74. The molecule has 0 fully saturated rings. The molecular formula is C14H9F3N2. The first-order chi connectivity index (χ1) is 9.16. The number of para-hydroxylation sites is 2. The first-order valence-electron chi connectivity index (χ1n) is 5.68. The minimum Gasteiger partial charge on any atom is -0.338 e. The zero-order valence-corrected chi connectivity index (χ0v) is 9.70. The van der Waals surface area contributed by atoms with Crippen molar-refractivity contribution in [1.82, 2.24) is 9.97 Å². The number of fused-ring (bicyclic) bond motifs is 1. The quantitative estimate of drug-likeness (QED) is 0.732. The number of nitrogens with zero attached hydrogens (tertiary/aromatic N) is 1. The number of halogens is 3. The molecule has 1 N–H and O–H groups in total. The maximum Gasteiger partial charge on any atom is 0.264 e. The Labute approximate surface area is 106 Å². The Bertz CT molecular complexity index is 701. The minimum atomic E-state index is -2.75. The fourth-order valence-corrected chi connectivity index (χ4v) is 2.04. The number of hydrogen-bond donors (Lipinski definition) is 1. The summed E-state index contributed by atoms with van der Waals surface area (Å²) in [4.78, 5) is 7.02. The van der Waals surface area contributed by atoms with Crippen molar-refractivity contribution in [2.24, 2.45) is 0 Å². The van der Waals surface area contributed by atoms with Gasteiger partial charge in [-0.3, -0.25) is 0 Å². The minimum absolute atomic E-state index is 0.120. The van der Waals surface area contributed by atoms with Gasteiger partial charge < -0.3 is 4.98 Å². The number of alkyl halides is 2. The molecule has 3 aromatic rings. The lowest BCUT2D eigenvalue weighted by Crippen LogP contribution is -1.95.